The van der Waals surface area contributed by atoms with Crippen LogP contribution in [0.5, 0.6) is 0 Å². The van der Waals surface area contributed by atoms with Gasteiger partial charge in [-0.15, -0.1) is 0 Å². The first-order chi connectivity index (χ1) is 15.8. The molecule has 1 aromatic rings. The van der Waals surface area contributed by atoms with Crippen molar-refractivity contribution in [1.29, 1.82) is 0 Å². The summed E-state index contributed by atoms with van der Waals surface area (Å²) in [6.07, 6.45) is 27.0. The maximum atomic E-state index is 12.1. The fourth-order valence-corrected chi connectivity index (χ4v) is 6.11. The van der Waals surface area contributed by atoms with E-state index in [9.17, 15) is 4.39 Å². The largest absolute Gasteiger partial charge is 0.251 e. The predicted octanol–water partition coefficient (Wildman–Crippen LogP) is 9.98. The SMILES string of the molecule is CCCCc1ccc(C2CCC(CC[C@H]3CC[C@H](C/C=C/CCCCF)CC3)CC2)cc1. The Morgan fingerprint density at radius 1 is 0.750 bits per heavy atom. The number of rotatable bonds is 13. The van der Waals surface area contributed by atoms with Gasteiger partial charge in [0.05, 0.1) is 6.67 Å². The van der Waals surface area contributed by atoms with Gasteiger partial charge in [0.25, 0.3) is 0 Å². The first-order valence-corrected chi connectivity index (χ1v) is 14.1. The molecule has 0 aliphatic heterocycles. The van der Waals surface area contributed by atoms with E-state index in [1.165, 1.54) is 95.5 Å². The van der Waals surface area contributed by atoms with E-state index in [1.807, 2.05) is 0 Å². The smallest absolute Gasteiger partial charge is 0.0894 e. The topological polar surface area (TPSA) is 0 Å². The highest BCUT2D eigenvalue weighted by Gasteiger charge is 2.25. The molecule has 0 atom stereocenters. The van der Waals surface area contributed by atoms with Gasteiger partial charge in [-0.3, -0.25) is 4.39 Å². The second-order valence-electron chi connectivity index (χ2n) is 10.9. The Balaban J connectivity index is 1.26. The van der Waals surface area contributed by atoms with Gasteiger partial charge in [-0.2, -0.15) is 0 Å². The highest BCUT2D eigenvalue weighted by atomic mass is 19.1. The van der Waals surface area contributed by atoms with E-state index in [2.05, 4.69) is 43.3 Å². The maximum absolute atomic E-state index is 12.1. The van der Waals surface area contributed by atoms with Crippen LogP contribution in [0, 0.1) is 17.8 Å². The Bertz CT molecular complexity index is 614. The molecule has 0 radical (unpaired) electrons. The van der Waals surface area contributed by atoms with Crippen molar-refractivity contribution in [2.45, 2.75) is 122 Å². The van der Waals surface area contributed by atoms with E-state index in [1.54, 1.807) is 5.56 Å². The number of hydrogen-bond acceptors (Lipinski definition) is 0. The molecule has 0 unspecified atom stereocenters. The molecule has 1 heteroatoms. The lowest BCUT2D eigenvalue weighted by atomic mass is 9.74. The van der Waals surface area contributed by atoms with Crippen LogP contribution in [0.25, 0.3) is 0 Å². The molecule has 2 aliphatic carbocycles. The summed E-state index contributed by atoms with van der Waals surface area (Å²) in [4.78, 5) is 0. The molecule has 2 fully saturated rings. The molecular weight excluding hydrogens is 391 g/mol. The summed E-state index contributed by atoms with van der Waals surface area (Å²) in [5.41, 5.74) is 3.11. The minimum absolute atomic E-state index is 0.160. The van der Waals surface area contributed by atoms with Gasteiger partial charge in [-0.05, 0) is 112 Å². The third-order valence-electron chi connectivity index (χ3n) is 8.46. The summed E-state index contributed by atoms with van der Waals surface area (Å²) < 4.78 is 12.1. The molecule has 3 rings (SSSR count). The van der Waals surface area contributed by atoms with Crippen LogP contribution < -0.4 is 0 Å². The number of alkyl halides is 1. The Kier molecular flexibility index (Phi) is 11.9. The van der Waals surface area contributed by atoms with Crippen molar-refractivity contribution in [3.05, 3.63) is 47.5 Å². The van der Waals surface area contributed by atoms with Crippen molar-refractivity contribution in [3.8, 4) is 0 Å². The summed E-state index contributed by atoms with van der Waals surface area (Å²) in [6.45, 7) is 2.12. The molecule has 0 N–H and O–H groups in total. The van der Waals surface area contributed by atoms with Crippen LogP contribution in [0.15, 0.2) is 36.4 Å². The number of benzene rings is 1. The lowest BCUT2D eigenvalue weighted by Crippen LogP contribution is -2.17. The third kappa shape index (κ3) is 9.03. The standard InChI is InChI=1S/C31H49F/c1-2-3-9-26-17-21-30(22-18-26)31-23-19-29(20-24-31)16-15-28-13-11-27(12-14-28)10-7-5-4-6-8-25-32/h5,7,17-18,21-22,27-29,31H,2-4,6,8-16,19-20,23-25H2,1H3/b7-5+/t27-,28-,29?,31?. The van der Waals surface area contributed by atoms with Gasteiger partial charge in [0.2, 0.25) is 0 Å². The van der Waals surface area contributed by atoms with Crippen LogP contribution in [-0.4, -0.2) is 6.67 Å². The quantitative estimate of drug-likeness (QED) is 0.211. The van der Waals surface area contributed by atoms with E-state index in [4.69, 9.17) is 0 Å². The zero-order valence-electron chi connectivity index (χ0n) is 20.9. The Morgan fingerprint density at radius 3 is 2.00 bits per heavy atom. The first-order valence-electron chi connectivity index (χ1n) is 14.1. The normalized spacial score (nSPS) is 26.6. The molecule has 0 nitrogen and oxygen atoms in total. The maximum Gasteiger partial charge on any atom is 0.0894 e. The van der Waals surface area contributed by atoms with Gasteiger partial charge in [0, 0.05) is 0 Å². The van der Waals surface area contributed by atoms with Crippen LogP contribution in [0.2, 0.25) is 0 Å². The molecule has 0 aromatic heterocycles. The van der Waals surface area contributed by atoms with Crippen molar-refractivity contribution >= 4 is 0 Å². The Labute approximate surface area is 198 Å². The van der Waals surface area contributed by atoms with Crippen LogP contribution >= 0.6 is 0 Å². The average molecular weight is 441 g/mol. The van der Waals surface area contributed by atoms with Crippen LogP contribution in [0.1, 0.15) is 127 Å². The van der Waals surface area contributed by atoms with Crippen LogP contribution in [0.4, 0.5) is 4.39 Å². The fraction of sp³-hybridized carbons (Fsp3) is 0.742. The summed E-state index contributed by atoms with van der Waals surface area (Å²) in [6, 6.07) is 9.62. The molecule has 180 valence electrons. The van der Waals surface area contributed by atoms with Crippen molar-refractivity contribution in [1.82, 2.24) is 0 Å². The number of hydrogen-bond donors (Lipinski definition) is 0. The number of unbranched alkanes of at least 4 members (excludes halogenated alkanes) is 3. The van der Waals surface area contributed by atoms with Gasteiger partial charge in [0.15, 0.2) is 0 Å². The highest BCUT2D eigenvalue weighted by Crippen LogP contribution is 2.40. The molecular formula is C31H49F. The van der Waals surface area contributed by atoms with Crippen molar-refractivity contribution in [3.63, 3.8) is 0 Å². The second kappa shape index (κ2) is 14.9. The summed E-state index contributed by atoms with van der Waals surface area (Å²) in [5, 5.41) is 0. The average Bonchev–Trinajstić information content (AvgIpc) is 2.85. The van der Waals surface area contributed by atoms with E-state index in [-0.39, 0.29) is 6.67 Å². The second-order valence-corrected chi connectivity index (χ2v) is 10.9. The molecule has 32 heavy (non-hydrogen) atoms. The predicted molar refractivity (Wildman–Crippen MR) is 138 cm³/mol. The molecule has 2 saturated carbocycles. The number of halogens is 1. The molecule has 0 amide bonds. The zero-order chi connectivity index (χ0) is 22.4. The molecule has 2 aliphatic rings. The van der Waals surface area contributed by atoms with Crippen molar-refractivity contribution in [2.75, 3.05) is 6.67 Å². The fourth-order valence-electron chi connectivity index (χ4n) is 6.11. The monoisotopic (exact) mass is 440 g/mol. The van der Waals surface area contributed by atoms with E-state index in [0.29, 0.717) is 0 Å². The minimum atomic E-state index is -0.160. The van der Waals surface area contributed by atoms with Gasteiger partial charge in [-0.25, -0.2) is 0 Å². The molecule has 1 aromatic carbocycles. The van der Waals surface area contributed by atoms with Gasteiger partial charge < -0.3 is 0 Å². The molecule has 0 spiro atoms. The van der Waals surface area contributed by atoms with Crippen molar-refractivity contribution < 1.29 is 4.39 Å². The lowest BCUT2D eigenvalue weighted by molar-refractivity contribution is 0.231. The van der Waals surface area contributed by atoms with Gasteiger partial charge in [0.1, 0.15) is 0 Å². The van der Waals surface area contributed by atoms with Crippen LogP contribution in [0.3, 0.4) is 0 Å². The zero-order valence-corrected chi connectivity index (χ0v) is 20.9. The summed E-state index contributed by atoms with van der Waals surface area (Å²) in [5.74, 6) is 3.70. The summed E-state index contributed by atoms with van der Waals surface area (Å²) >= 11 is 0. The van der Waals surface area contributed by atoms with Crippen LogP contribution in [-0.2, 0) is 6.42 Å². The number of aryl methyl sites for hydroxylation is 1. The molecule has 0 saturated heterocycles. The lowest BCUT2D eigenvalue weighted by Gasteiger charge is -2.32. The number of allylic oxidation sites excluding steroid dienone is 2. The van der Waals surface area contributed by atoms with E-state index in [0.717, 1.165) is 42.9 Å². The van der Waals surface area contributed by atoms with Crippen molar-refractivity contribution in [2.24, 2.45) is 17.8 Å². The Hall–Kier alpha value is -1.11. The van der Waals surface area contributed by atoms with E-state index >= 15 is 0 Å². The Morgan fingerprint density at radius 2 is 1.38 bits per heavy atom. The van der Waals surface area contributed by atoms with E-state index < -0.39 is 0 Å². The van der Waals surface area contributed by atoms with Gasteiger partial charge >= 0.3 is 0 Å². The minimum Gasteiger partial charge on any atom is -0.251 e. The molecule has 0 heterocycles. The highest BCUT2D eigenvalue weighted by molar-refractivity contribution is 5.26. The first kappa shape index (κ1) is 25.5. The third-order valence-corrected chi connectivity index (χ3v) is 8.46. The molecule has 0 bridgehead atoms. The van der Waals surface area contributed by atoms with Gasteiger partial charge in [-0.1, -0.05) is 75.4 Å². The summed E-state index contributed by atoms with van der Waals surface area (Å²) in [7, 11) is 0.